The van der Waals surface area contributed by atoms with Gasteiger partial charge in [-0.2, -0.15) is 0 Å². The van der Waals surface area contributed by atoms with E-state index >= 15 is 0 Å². The van der Waals surface area contributed by atoms with Gasteiger partial charge < -0.3 is 15.0 Å². The highest BCUT2D eigenvalue weighted by molar-refractivity contribution is 7.22. The number of carbonyl (C=O) groups is 2. The van der Waals surface area contributed by atoms with Gasteiger partial charge in [0, 0.05) is 12.5 Å². The van der Waals surface area contributed by atoms with E-state index < -0.39 is 6.04 Å². The molecule has 6 nitrogen and oxygen atoms in total. The van der Waals surface area contributed by atoms with Crippen molar-refractivity contribution in [2.75, 3.05) is 19.0 Å². The van der Waals surface area contributed by atoms with E-state index in [9.17, 15) is 9.59 Å². The molecule has 24 heavy (non-hydrogen) atoms. The largest absolute Gasteiger partial charge is 0.494 e. The maximum atomic E-state index is 12.6. The van der Waals surface area contributed by atoms with Gasteiger partial charge in [-0.15, -0.1) is 0 Å². The molecule has 0 bridgehead atoms. The number of anilines is 1. The summed E-state index contributed by atoms with van der Waals surface area (Å²) in [6.07, 6.45) is 1.54. The van der Waals surface area contributed by atoms with Crippen molar-refractivity contribution in [3.63, 3.8) is 0 Å². The van der Waals surface area contributed by atoms with Crippen molar-refractivity contribution in [1.82, 2.24) is 9.88 Å². The molecule has 1 atom stereocenters. The first-order valence-corrected chi connectivity index (χ1v) is 8.87. The fraction of sp³-hybridized carbons (Fsp3) is 0.471. The van der Waals surface area contributed by atoms with Crippen LogP contribution >= 0.6 is 11.3 Å². The second-order valence-corrected chi connectivity index (χ2v) is 7.19. The molecule has 0 aliphatic carbocycles. The van der Waals surface area contributed by atoms with Gasteiger partial charge in [0.2, 0.25) is 11.8 Å². The second-order valence-electron chi connectivity index (χ2n) is 6.16. The van der Waals surface area contributed by atoms with Crippen LogP contribution in [0.3, 0.4) is 0 Å². The molecule has 128 valence electrons. The summed E-state index contributed by atoms with van der Waals surface area (Å²) in [6.45, 7) is 4.35. The number of nitrogens with zero attached hydrogens (tertiary/aromatic N) is 2. The third-order valence-electron chi connectivity index (χ3n) is 4.16. The van der Waals surface area contributed by atoms with E-state index in [1.165, 1.54) is 11.3 Å². The maximum Gasteiger partial charge on any atom is 0.248 e. The average molecular weight is 347 g/mol. The monoisotopic (exact) mass is 347 g/mol. The molecule has 1 aliphatic rings. The first kappa shape index (κ1) is 16.7. The minimum atomic E-state index is -0.409. The van der Waals surface area contributed by atoms with Crippen molar-refractivity contribution < 1.29 is 14.3 Å². The Balaban J connectivity index is 1.78. The maximum absolute atomic E-state index is 12.6. The molecule has 1 aromatic heterocycles. The van der Waals surface area contributed by atoms with Crippen LogP contribution in [0, 0.1) is 5.92 Å². The SMILES string of the molecule is COc1cccc2sc(NC(=O)[C@@H]3CCCN3C(=O)C(C)C)nc12. The molecule has 1 fully saturated rings. The van der Waals surface area contributed by atoms with Crippen molar-refractivity contribution in [2.24, 2.45) is 5.92 Å². The number of hydrogen-bond acceptors (Lipinski definition) is 5. The van der Waals surface area contributed by atoms with Crippen molar-refractivity contribution in [3.8, 4) is 5.75 Å². The van der Waals surface area contributed by atoms with E-state index in [0.29, 0.717) is 23.8 Å². The number of rotatable bonds is 4. The summed E-state index contributed by atoms with van der Waals surface area (Å²) in [6, 6.07) is 5.27. The van der Waals surface area contributed by atoms with E-state index in [4.69, 9.17) is 4.74 Å². The van der Waals surface area contributed by atoms with E-state index in [1.54, 1.807) is 12.0 Å². The molecule has 0 spiro atoms. The van der Waals surface area contributed by atoms with Crippen molar-refractivity contribution in [1.29, 1.82) is 0 Å². The highest BCUT2D eigenvalue weighted by Crippen LogP contribution is 2.32. The Bertz CT molecular complexity index is 772. The Labute approximate surface area is 144 Å². The number of aromatic nitrogens is 1. The van der Waals surface area contributed by atoms with Crippen LogP contribution in [0.4, 0.5) is 5.13 Å². The van der Waals surface area contributed by atoms with Crippen molar-refractivity contribution in [3.05, 3.63) is 18.2 Å². The molecule has 2 heterocycles. The molecule has 1 N–H and O–H groups in total. The van der Waals surface area contributed by atoms with Gasteiger partial charge in [0.05, 0.1) is 11.8 Å². The van der Waals surface area contributed by atoms with Gasteiger partial charge in [-0.1, -0.05) is 31.3 Å². The average Bonchev–Trinajstić information content (AvgIpc) is 3.19. The number of fused-ring (bicyclic) bond motifs is 1. The summed E-state index contributed by atoms with van der Waals surface area (Å²) in [5, 5.41) is 3.40. The lowest BCUT2D eigenvalue weighted by molar-refractivity contribution is -0.139. The van der Waals surface area contributed by atoms with Crippen LogP contribution in [0.25, 0.3) is 10.2 Å². The Kier molecular flexibility index (Phi) is 4.71. The standard InChI is InChI=1S/C17H21N3O3S/c1-10(2)16(22)20-9-5-6-11(20)15(21)19-17-18-14-12(23-3)7-4-8-13(14)24-17/h4,7-8,10-11H,5-6,9H2,1-3H3,(H,18,19,21)/t11-/m0/s1. The zero-order valence-corrected chi connectivity index (χ0v) is 14.9. The van der Waals surface area contributed by atoms with Crippen LogP contribution in [0.15, 0.2) is 18.2 Å². The van der Waals surface area contributed by atoms with Crippen molar-refractivity contribution >= 4 is 38.5 Å². The molecule has 2 amide bonds. The third-order valence-corrected chi connectivity index (χ3v) is 5.10. The number of thiazole rings is 1. The van der Waals surface area contributed by atoms with E-state index in [1.807, 2.05) is 32.0 Å². The van der Waals surface area contributed by atoms with Gasteiger partial charge in [0.15, 0.2) is 5.13 Å². The third kappa shape index (κ3) is 3.08. The number of amides is 2. The van der Waals surface area contributed by atoms with Crippen LogP contribution in [0.5, 0.6) is 5.75 Å². The Hall–Kier alpha value is -2.15. The van der Waals surface area contributed by atoms with Crippen LogP contribution in [-0.2, 0) is 9.59 Å². The summed E-state index contributed by atoms with van der Waals surface area (Å²) in [7, 11) is 1.60. The molecule has 3 rings (SSSR count). The zero-order valence-electron chi connectivity index (χ0n) is 14.0. The van der Waals surface area contributed by atoms with Gasteiger partial charge in [0.25, 0.3) is 0 Å². The fourth-order valence-corrected chi connectivity index (χ4v) is 3.85. The zero-order chi connectivity index (χ0) is 17.3. The summed E-state index contributed by atoms with van der Waals surface area (Å²) in [5.41, 5.74) is 0.738. The highest BCUT2D eigenvalue weighted by Gasteiger charge is 2.35. The molecule has 0 saturated carbocycles. The first-order valence-electron chi connectivity index (χ1n) is 8.06. The molecule has 1 aliphatic heterocycles. The smallest absolute Gasteiger partial charge is 0.248 e. The number of carbonyl (C=O) groups excluding carboxylic acids is 2. The molecule has 7 heteroatoms. The quantitative estimate of drug-likeness (QED) is 0.923. The van der Waals surface area contributed by atoms with Gasteiger partial charge in [-0.25, -0.2) is 4.98 Å². The summed E-state index contributed by atoms with van der Waals surface area (Å²) in [4.78, 5) is 31.0. The number of nitrogens with one attached hydrogen (secondary N) is 1. The fourth-order valence-electron chi connectivity index (χ4n) is 2.96. The lowest BCUT2D eigenvalue weighted by atomic mass is 10.1. The predicted molar refractivity (Wildman–Crippen MR) is 94.4 cm³/mol. The number of hydrogen-bond donors (Lipinski definition) is 1. The molecular formula is C17H21N3O3S. The normalized spacial score (nSPS) is 17.5. The molecule has 1 saturated heterocycles. The van der Waals surface area contributed by atoms with E-state index in [-0.39, 0.29) is 17.7 Å². The van der Waals surface area contributed by atoms with E-state index in [0.717, 1.165) is 16.6 Å². The summed E-state index contributed by atoms with van der Waals surface area (Å²) in [5.74, 6) is 0.435. The molecular weight excluding hydrogens is 326 g/mol. The minimum Gasteiger partial charge on any atom is -0.494 e. The number of likely N-dealkylation sites (tertiary alicyclic amines) is 1. The van der Waals surface area contributed by atoms with Gasteiger partial charge in [0.1, 0.15) is 17.3 Å². The Morgan fingerprint density at radius 3 is 2.92 bits per heavy atom. The van der Waals surface area contributed by atoms with Gasteiger partial charge >= 0.3 is 0 Å². The first-order chi connectivity index (χ1) is 11.5. The Morgan fingerprint density at radius 2 is 2.21 bits per heavy atom. The predicted octanol–water partition coefficient (Wildman–Crippen LogP) is 2.89. The van der Waals surface area contributed by atoms with E-state index in [2.05, 4.69) is 10.3 Å². The highest BCUT2D eigenvalue weighted by atomic mass is 32.1. The van der Waals surface area contributed by atoms with Gasteiger partial charge in [-0.05, 0) is 25.0 Å². The lowest BCUT2D eigenvalue weighted by Gasteiger charge is -2.25. The minimum absolute atomic E-state index is 0.0265. The number of ether oxygens (including phenoxy) is 1. The molecule has 2 aromatic rings. The van der Waals surface area contributed by atoms with Crippen LogP contribution < -0.4 is 10.1 Å². The number of benzene rings is 1. The number of para-hydroxylation sites is 1. The number of methoxy groups -OCH3 is 1. The Morgan fingerprint density at radius 1 is 1.42 bits per heavy atom. The molecule has 1 aromatic carbocycles. The van der Waals surface area contributed by atoms with Crippen LogP contribution in [0.2, 0.25) is 0 Å². The molecule has 0 radical (unpaired) electrons. The topological polar surface area (TPSA) is 71.5 Å². The lowest BCUT2D eigenvalue weighted by Crippen LogP contribution is -2.44. The van der Waals surface area contributed by atoms with Gasteiger partial charge in [-0.3, -0.25) is 9.59 Å². The second kappa shape index (κ2) is 6.76. The van der Waals surface area contributed by atoms with Crippen molar-refractivity contribution in [2.45, 2.75) is 32.7 Å². The van der Waals surface area contributed by atoms with Crippen LogP contribution in [-0.4, -0.2) is 41.4 Å². The molecule has 0 unspecified atom stereocenters. The summed E-state index contributed by atoms with van der Waals surface area (Å²) >= 11 is 1.40. The van der Waals surface area contributed by atoms with Crippen LogP contribution in [0.1, 0.15) is 26.7 Å². The summed E-state index contributed by atoms with van der Waals surface area (Å²) < 4.78 is 6.25.